The Bertz CT molecular complexity index is 311. The summed E-state index contributed by atoms with van der Waals surface area (Å²) in [5.74, 6) is 0. The van der Waals surface area contributed by atoms with Crippen molar-refractivity contribution in [2.24, 2.45) is 0 Å². The fourth-order valence-electron chi connectivity index (χ4n) is 2.10. The quantitative estimate of drug-likeness (QED) is 0.559. The molecule has 0 aromatic carbocycles. The number of nitrogens with zero attached hydrogens (tertiary/aromatic N) is 2. The molecule has 0 amide bonds. The molecule has 0 aromatic heterocycles. The average molecular weight is 321 g/mol. The SMILES string of the molecule is CN(C)C(=PP=C([Si](C)(C)C)[Si](C)(C)C)N(C)C. The van der Waals surface area contributed by atoms with Crippen LogP contribution in [0.2, 0.25) is 39.3 Å². The molecule has 0 heterocycles. The van der Waals surface area contributed by atoms with Gasteiger partial charge in [0.25, 0.3) is 0 Å². The molecule has 0 atom stereocenters. The van der Waals surface area contributed by atoms with Gasteiger partial charge in [0.2, 0.25) is 0 Å². The topological polar surface area (TPSA) is 6.48 Å². The lowest BCUT2D eigenvalue weighted by Gasteiger charge is -2.30. The molecule has 0 saturated heterocycles. The van der Waals surface area contributed by atoms with Crippen molar-refractivity contribution in [3.63, 3.8) is 0 Å². The Hall–Kier alpha value is 0.694. The Labute approximate surface area is 119 Å². The van der Waals surface area contributed by atoms with Crippen molar-refractivity contribution in [1.29, 1.82) is 0 Å². The van der Waals surface area contributed by atoms with Crippen LogP contribution in [-0.4, -0.2) is 64.2 Å². The second-order valence-corrected chi connectivity index (χ2v) is 20.9. The van der Waals surface area contributed by atoms with E-state index in [1.807, 2.05) is 4.54 Å². The minimum Gasteiger partial charge on any atom is -0.268 e. The summed E-state index contributed by atoms with van der Waals surface area (Å²) in [6.45, 7) is 15.0. The molecule has 0 aromatic rings. The minimum absolute atomic E-state index is 1.15. The van der Waals surface area contributed by atoms with E-state index < -0.39 is 16.1 Å². The minimum atomic E-state index is -1.15. The monoisotopic (exact) mass is 320 g/mol. The van der Waals surface area contributed by atoms with E-state index >= 15 is 0 Å². The molecule has 106 valence electrons. The molecule has 0 spiro atoms. The molecular weight excluding hydrogens is 290 g/mol. The van der Waals surface area contributed by atoms with E-state index in [2.05, 4.69) is 77.3 Å². The number of rotatable bonds is 5. The highest BCUT2D eigenvalue weighted by Gasteiger charge is 2.31. The Morgan fingerprint density at radius 1 is 0.667 bits per heavy atom. The molecule has 0 rings (SSSR count). The average Bonchev–Trinajstić information content (AvgIpc) is 2.06. The lowest BCUT2D eigenvalue weighted by atomic mass is 10.8. The summed E-state index contributed by atoms with van der Waals surface area (Å²) in [4.78, 5) is 4.47. The zero-order valence-corrected chi connectivity index (χ0v) is 17.6. The predicted molar refractivity (Wildman–Crippen MR) is 97.9 cm³/mol. The van der Waals surface area contributed by atoms with Crippen LogP contribution in [0.15, 0.2) is 0 Å². The molecule has 2 nitrogen and oxygen atoms in total. The lowest BCUT2D eigenvalue weighted by Crippen LogP contribution is -2.48. The molecule has 0 aliphatic heterocycles. The molecule has 0 bridgehead atoms. The van der Waals surface area contributed by atoms with Crippen LogP contribution < -0.4 is 0 Å². The summed E-state index contributed by atoms with van der Waals surface area (Å²) in [5, 5.41) is 0. The third-order valence-corrected chi connectivity index (χ3v) is 18.3. The maximum Gasteiger partial charge on any atom is 0.0945 e. The molecule has 0 radical (unpaired) electrons. The van der Waals surface area contributed by atoms with Gasteiger partial charge < -0.3 is 0 Å². The molecule has 0 fully saturated rings. The van der Waals surface area contributed by atoms with Gasteiger partial charge in [0.15, 0.2) is 0 Å². The summed E-state index contributed by atoms with van der Waals surface area (Å²) >= 11 is 0. The first kappa shape index (κ1) is 18.7. The van der Waals surface area contributed by atoms with Crippen LogP contribution in [0.1, 0.15) is 0 Å². The molecule has 0 saturated carbocycles. The van der Waals surface area contributed by atoms with Gasteiger partial charge in [-0.15, -0.1) is 0 Å². The third-order valence-electron chi connectivity index (χ3n) is 2.46. The first-order valence-electron chi connectivity index (χ1n) is 6.38. The van der Waals surface area contributed by atoms with Crippen LogP contribution in [0, 0.1) is 0 Å². The van der Waals surface area contributed by atoms with Gasteiger partial charge in [-0.25, -0.2) is 0 Å². The zero-order chi connectivity index (χ0) is 14.7. The number of hydrogen-bond donors (Lipinski definition) is 0. The van der Waals surface area contributed by atoms with Crippen molar-refractivity contribution in [2.45, 2.75) is 39.3 Å². The summed E-state index contributed by atoms with van der Waals surface area (Å²) in [7, 11) is 9.23. The lowest BCUT2D eigenvalue weighted by molar-refractivity contribution is 0.501. The van der Waals surface area contributed by atoms with Crippen molar-refractivity contribution in [3.8, 4) is 0 Å². The Morgan fingerprint density at radius 2 is 1.00 bits per heavy atom. The van der Waals surface area contributed by atoms with Crippen LogP contribution in [0.5, 0.6) is 0 Å². The highest BCUT2D eigenvalue weighted by molar-refractivity contribution is 8.14. The van der Waals surface area contributed by atoms with Gasteiger partial charge in [0.05, 0.1) is 21.7 Å². The van der Waals surface area contributed by atoms with E-state index in [0.717, 1.165) is 0 Å². The van der Waals surface area contributed by atoms with Crippen LogP contribution >= 0.6 is 15.8 Å². The maximum absolute atomic E-state index is 2.49. The van der Waals surface area contributed by atoms with Gasteiger partial charge in [0, 0.05) is 0 Å². The first-order valence-corrected chi connectivity index (χ1v) is 15.9. The Morgan fingerprint density at radius 3 is 1.22 bits per heavy atom. The normalized spacial score (nSPS) is 13.8. The molecule has 18 heavy (non-hydrogen) atoms. The van der Waals surface area contributed by atoms with Gasteiger partial charge in [-0.1, -0.05) is 51.7 Å². The van der Waals surface area contributed by atoms with E-state index in [1.165, 1.54) is 21.3 Å². The van der Waals surface area contributed by atoms with Crippen LogP contribution in [0.25, 0.3) is 0 Å². The van der Waals surface area contributed by atoms with Crippen LogP contribution in [-0.2, 0) is 0 Å². The van der Waals surface area contributed by atoms with E-state index in [9.17, 15) is 0 Å². The first-order chi connectivity index (χ1) is 7.87. The van der Waals surface area contributed by atoms with Crippen molar-refractivity contribution in [2.75, 3.05) is 28.2 Å². The third kappa shape index (κ3) is 6.23. The summed E-state index contributed by atoms with van der Waals surface area (Å²) in [5.41, 5.74) is 1.39. The molecule has 0 unspecified atom stereocenters. The second-order valence-electron chi connectivity index (χ2n) is 7.14. The molecular formula is C12H30N2P2Si2. The van der Waals surface area contributed by atoms with Crippen LogP contribution in [0.3, 0.4) is 0 Å². The van der Waals surface area contributed by atoms with Crippen LogP contribution in [0.4, 0.5) is 0 Å². The van der Waals surface area contributed by atoms with Gasteiger partial charge in [0.1, 0.15) is 0 Å². The van der Waals surface area contributed by atoms with Gasteiger partial charge >= 0.3 is 0 Å². The van der Waals surface area contributed by atoms with Crippen molar-refractivity contribution in [1.82, 2.24) is 9.80 Å². The smallest absolute Gasteiger partial charge is 0.0945 e. The highest BCUT2D eigenvalue weighted by Crippen LogP contribution is 2.31. The molecule has 0 N–H and O–H groups in total. The Balaban J connectivity index is 5.53. The van der Waals surface area contributed by atoms with Crippen molar-refractivity contribution in [3.05, 3.63) is 0 Å². The van der Waals surface area contributed by atoms with Gasteiger partial charge in [-0.2, -0.15) is 0 Å². The molecule has 0 aliphatic carbocycles. The largest absolute Gasteiger partial charge is 0.268 e. The highest BCUT2D eigenvalue weighted by atomic mass is 32.0. The number of hydrogen-bond acceptors (Lipinski definition) is 0. The fraction of sp³-hybridized carbons (Fsp3) is 0.833. The second kappa shape index (κ2) is 6.92. The molecule has 6 heteroatoms. The Kier molecular flexibility index (Phi) is 7.19. The fourth-order valence-corrected chi connectivity index (χ4v) is 22.0. The standard InChI is InChI=1S/C12H30N2P2Si2/c1-13(2)11(14(3)4)15-16-12(17(5,6)7)18(8,9)10/h1-10H3. The van der Waals surface area contributed by atoms with E-state index in [-0.39, 0.29) is 0 Å². The summed E-state index contributed by atoms with van der Waals surface area (Å²) < 4.78 is 1.89. The van der Waals surface area contributed by atoms with Crippen molar-refractivity contribution < 1.29 is 0 Å². The van der Waals surface area contributed by atoms with Gasteiger partial charge in [-0.3, -0.25) is 9.80 Å². The van der Waals surface area contributed by atoms with Gasteiger partial charge in [-0.05, 0) is 36.1 Å². The van der Waals surface area contributed by atoms with Crippen molar-refractivity contribution >= 4 is 42.0 Å². The van der Waals surface area contributed by atoms with E-state index in [0.29, 0.717) is 0 Å². The van der Waals surface area contributed by atoms with E-state index in [4.69, 9.17) is 0 Å². The zero-order valence-electron chi connectivity index (χ0n) is 13.8. The maximum atomic E-state index is 2.49. The summed E-state index contributed by atoms with van der Waals surface area (Å²) in [6.07, 6.45) is 0. The molecule has 0 aliphatic rings. The van der Waals surface area contributed by atoms with E-state index in [1.54, 1.807) is 0 Å². The predicted octanol–water partition coefficient (Wildman–Crippen LogP) is 3.93. The summed E-state index contributed by atoms with van der Waals surface area (Å²) in [6, 6.07) is 0.